The van der Waals surface area contributed by atoms with Crippen molar-refractivity contribution in [3.05, 3.63) is 17.7 Å². The quantitative estimate of drug-likeness (QED) is 0.802. The molecule has 2 nitrogen and oxygen atoms in total. The molecule has 0 bridgehead atoms. The van der Waals surface area contributed by atoms with Crippen molar-refractivity contribution in [3.63, 3.8) is 0 Å². The minimum Gasteiger partial charge on any atom is -0.332 e. The van der Waals surface area contributed by atoms with E-state index in [0.717, 1.165) is 11.8 Å². The van der Waals surface area contributed by atoms with Crippen LogP contribution in [0.15, 0.2) is 6.20 Å². The van der Waals surface area contributed by atoms with Crippen molar-refractivity contribution in [2.75, 3.05) is 11.5 Å². The van der Waals surface area contributed by atoms with Crippen LogP contribution in [0, 0.1) is 11.8 Å². The van der Waals surface area contributed by atoms with Gasteiger partial charge >= 0.3 is 0 Å². The highest BCUT2D eigenvalue weighted by molar-refractivity contribution is 7.99. The average molecular weight is 250 g/mol. The minimum absolute atomic E-state index is 0.830. The zero-order chi connectivity index (χ0) is 11.7. The van der Waals surface area contributed by atoms with E-state index in [1.54, 1.807) is 0 Å². The lowest BCUT2D eigenvalue weighted by Crippen LogP contribution is -2.22. The van der Waals surface area contributed by atoms with Gasteiger partial charge in [-0.05, 0) is 49.0 Å². The molecule has 94 valence electrons. The molecule has 0 N–H and O–H groups in total. The number of fused-ring (bicyclic) bond motifs is 1. The standard InChI is InChI=1S/C14H22N2S/c1-11-4-5-13-8-15-14(16(13)9-11)7-12-3-2-6-17-10-12/h8,11-12H,2-7,9-10H2,1H3. The number of hydrogen-bond donors (Lipinski definition) is 0. The van der Waals surface area contributed by atoms with Crippen molar-refractivity contribution in [2.24, 2.45) is 11.8 Å². The fourth-order valence-corrected chi connectivity index (χ4v) is 4.22. The molecule has 0 amide bonds. The first-order chi connectivity index (χ1) is 8.33. The van der Waals surface area contributed by atoms with Crippen LogP contribution in [0.4, 0.5) is 0 Å². The molecule has 2 atom stereocenters. The number of thioether (sulfide) groups is 1. The van der Waals surface area contributed by atoms with Gasteiger partial charge in [-0.2, -0.15) is 11.8 Å². The zero-order valence-corrected chi connectivity index (χ0v) is 11.5. The monoisotopic (exact) mass is 250 g/mol. The first kappa shape index (κ1) is 11.6. The SMILES string of the molecule is CC1CCc2cnc(CC3CCCSC3)n2C1. The maximum absolute atomic E-state index is 4.68. The van der Waals surface area contributed by atoms with Gasteiger partial charge in [-0.3, -0.25) is 0 Å². The lowest BCUT2D eigenvalue weighted by molar-refractivity contribution is 0.382. The molecule has 1 aromatic heterocycles. The second kappa shape index (κ2) is 5.05. The molecule has 3 rings (SSSR count). The lowest BCUT2D eigenvalue weighted by atomic mass is 9.98. The summed E-state index contributed by atoms with van der Waals surface area (Å²) in [6, 6.07) is 0. The summed E-state index contributed by atoms with van der Waals surface area (Å²) in [5, 5.41) is 0. The predicted molar refractivity (Wildman–Crippen MR) is 73.5 cm³/mol. The van der Waals surface area contributed by atoms with Crippen LogP contribution in [0.3, 0.4) is 0 Å². The van der Waals surface area contributed by atoms with Crippen molar-refractivity contribution < 1.29 is 0 Å². The molecule has 0 aromatic carbocycles. The van der Waals surface area contributed by atoms with Gasteiger partial charge in [-0.15, -0.1) is 0 Å². The summed E-state index contributed by atoms with van der Waals surface area (Å²) in [5.41, 5.74) is 1.47. The number of nitrogens with zero attached hydrogens (tertiary/aromatic N) is 2. The average Bonchev–Trinajstić information content (AvgIpc) is 2.73. The Morgan fingerprint density at radius 2 is 2.41 bits per heavy atom. The predicted octanol–water partition coefficient (Wildman–Crippen LogP) is 3.15. The molecule has 1 fully saturated rings. The fourth-order valence-electron chi connectivity index (χ4n) is 3.06. The van der Waals surface area contributed by atoms with Crippen molar-refractivity contribution in [1.29, 1.82) is 0 Å². The number of aromatic nitrogens is 2. The van der Waals surface area contributed by atoms with Crippen LogP contribution in [-0.2, 0) is 19.4 Å². The molecule has 0 radical (unpaired) electrons. The van der Waals surface area contributed by atoms with Gasteiger partial charge in [0.15, 0.2) is 0 Å². The molecular formula is C14H22N2S. The van der Waals surface area contributed by atoms with Crippen molar-refractivity contribution in [3.8, 4) is 0 Å². The lowest BCUT2D eigenvalue weighted by Gasteiger charge is -2.25. The highest BCUT2D eigenvalue weighted by Crippen LogP contribution is 2.27. The Balaban J connectivity index is 1.72. The Kier molecular flexibility index (Phi) is 3.46. The van der Waals surface area contributed by atoms with Gasteiger partial charge in [-0.25, -0.2) is 4.98 Å². The van der Waals surface area contributed by atoms with Crippen molar-refractivity contribution >= 4 is 11.8 Å². The number of rotatable bonds is 2. The Labute approximate surface area is 108 Å². The Hall–Kier alpha value is -0.440. The van der Waals surface area contributed by atoms with Crippen molar-refractivity contribution in [2.45, 2.75) is 45.6 Å². The molecule has 1 aromatic rings. The first-order valence-corrected chi connectivity index (χ1v) is 8.09. The summed E-state index contributed by atoms with van der Waals surface area (Å²) in [7, 11) is 0. The smallest absolute Gasteiger partial charge is 0.109 e. The molecular weight excluding hydrogens is 228 g/mol. The summed E-state index contributed by atoms with van der Waals surface area (Å²) in [6.45, 7) is 3.56. The third-order valence-electron chi connectivity index (χ3n) is 4.13. The van der Waals surface area contributed by atoms with Gasteiger partial charge in [0.2, 0.25) is 0 Å². The van der Waals surface area contributed by atoms with Crippen LogP contribution in [0.1, 0.15) is 37.7 Å². The molecule has 1 saturated heterocycles. The van der Waals surface area contributed by atoms with E-state index in [4.69, 9.17) is 0 Å². The second-order valence-electron chi connectivity index (χ2n) is 5.71. The number of imidazole rings is 1. The van der Waals surface area contributed by atoms with Gasteiger partial charge < -0.3 is 4.57 Å². The summed E-state index contributed by atoms with van der Waals surface area (Å²) in [4.78, 5) is 4.68. The van der Waals surface area contributed by atoms with E-state index in [-0.39, 0.29) is 0 Å². The van der Waals surface area contributed by atoms with Gasteiger partial charge in [0.05, 0.1) is 0 Å². The molecule has 2 aliphatic heterocycles. The number of aryl methyl sites for hydroxylation is 1. The first-order valence-electron chi connectivity index (χ1n) is 6.94. The van der Waals surface area contributed by atoms with Crippen LogP contribution < -0.4 is 0 Å². The Morgan fingerprint density at radius 1 is 1.47 bits per heavy atom. The maximum Gasteiger partial charge on any atom is 0.109 e. The third kappa shape index (κ3) is 2.54. The fraction of sp³-hybridized carbons (Fsp3) is 0.786. The molecule has 2 unspecified atom stereocenters. The van der Waals surface area contributed by atoms with Gasteiger partial charge in [0.25, 0.3) is 0 Å². The molecule has 3 heteroatoms. The highest BCUT2D eigenvalue weighted by Gasteiger charge is 2.21. The minimum atomic E-state index is 0.830. The van der Waals surface area contributed by atoms with E-state index in [1.807, 2.05) is 0 Å². The van der Waals surface area contributed by atoms with E-state index < -0.39 is 0 Å². The Morgan fingerprint density at radius 3 is 3.24 bits per heavy atom. The summed E-state index contributed by atoms with van der Waals surface area (Å²) in [6.07, 6.45) is 8.71. The van der Waals surface area contributed by atoms with Crippen LogP contribution in [-0.4, -0.2) is 21.1 Å². The molecule has 0 aliphatic carbocycles. The Bertz CT molecular complexity index is 380. The molecule has 17 heavy (non-hydrogen) atoms. The molecule has 3 heterocycles. The topological polar surface area (TPSA) is 17.8 Å². The second-order valence-corrected chi connectivity index (χ2v) is 6.86. The van der Waals surface area contributed by atoms with Gasteiger partial charge in [0.1, 0.15) is 5.82 Å². The third-order valence-corrected chi connectivity index (χ3v) is 5.42. The molecule has 2 aliphatic rings. The number of hydrogen-bond acceptors (Lipinski definition) is 2. The summed E-state index contributed by atoms with van der Waals surface area (Å²) >= 11 is 2.13. The zero-order valence-electron chi connectivity index (χ0n) is 10.7. The van der Waals surface area contributed by atoms with Crippen LogP contribution in [0.25, 0.3) is 0 Å². The maximum atomic E-state index is 4.68. The van der Waals surface area contributed by atoms with E-state index >= 15 is 0 Å². The highest BCUT2D eigenvalue weighted by atomic mass is 32.2. The van der Waals surface area contributed by atoms with Crippen LogP contribution in [0.5, 0.6) is 0 Å². The normalized spacial score (nSPS) is 29.0. The van der Waals surface area contributed by atoms with E-state index in [9.17, 15) is 0 Å². The van der Waals surface area contributed by atoms with Gasteiger partial charge in [0, 0.05) is 24.9 Å². The molecule has 0 spiro atoms. The van der Waals surface area contributed by atoms with E-state index in [2.05, 4.69) is 34.4 Å². The largest absolute Gasteiger partial charge is 0.332 e. The van der Waals surface area contributed by atoms with Crippen LogP contribution in [0.2, 0.25) is 0 Å². The van der Waals surface area contributed by atoms with E-state index in [0.29, 0.717) is 0 Å². The summed E-state index contributed by atoms with van der Waals surface area (Å²) in [5.74, 6) is 5.78. The molecule has 0 saturated carbocycles. The van der Waals surface area contributed by atoms with Gasteiger partial charge in [-0.1, -0.05) is 6.92 Å². The van der Waals surface area contributed by atoms with E-state index in [1.165, 1.54) is 61.7 Å². The summed E-state index contributed by atoms with van der Waals surface area (Å²) < 4.78 is 2.51. The van der Waals surface area contributed by atoms with Crippen molar-refractivity contribution in [1.82, 2.24) is 9.55 Å². The van der Waals surface area contributed by atoms with Crippen LogP contribution >= 0.6 is 11.8 Å².